The second-order valence-corrected chi connectivity index (χ2v) is 8.08. The van der Waals surface area contributed by atoms with Crippen LogP contribution in [0.25, 0.3) is 0 Å². The molecule has 0 bridgehead atoms. The summed E-state index contributed by atoms with van der Waals surface area (Å²) >= 11 is 5.74. The largest absolute Gasteiger partial charge is 0.259 e. The average molecular weight is 291 g/mol. The van der Waals surface area contributed by atoms with Crippen molar-refractivity contribution in [1.29, 1.82) is 0 Å². The van der Waals surface area contributed by atoms with Crippen LogP contribution in [0.5, 0.6) is 0 Å². The van der Waals surface area contributed by atoms with Gasteiger partial charge >= 0.3 is 0 Å². The fraction of sp³-hybridized carbons (Fsp3) is 0.571. The maximum atomic E-state index is 13.9. The predicted molar refractivity (Wildman–Crippen MR) is 77.2 cm³/mol. The van der Waals surface area contributed by atoms with E-state index in [-0.39, 0.29) is 16.5 Å². The Hall–Kier alpha value is -0.410. The summed E-state index contributed by atoms with van der Waals surface area (Å²) < 4.78 is 25.7. The summed E-state index contributed by atoms with van der Waals surface area (Å²) in [6, 6.07) is 4.70. The molecule has 18 heavy (non-hydrogen) atoms. The summed E-state index contributed by atoms with van der Waals surface area (Å²) in [5, 5.41) is 0.392. The molecule has 0 aromatic heterocycles. The van der Waals surface area contributed by atoms with Gasteiger partial charge in [-0.15, -0.1) is 0 Å². The molecule has 4 heteroatoms. The number of halogens is 2. The predicted octanol–water partition coefficient (Wildman–Crippen LogP) is 4.52. The maximum absolute atomic E-state index is 13.9. The van der Waals surface area contributed by atoms with Crippen LogP contribution < -0.4 is 0 Å². The van der Waals surface area contributed by atoms with Gasteiger partial charge in [0.1, 0.15) is 5.82 Å². The van der Waals surface area contributed by atoms with Gasteiger partial charge in [0.2, 0.25) is 0 Å². The van der Waals surface area contributed by atoms with E-state index in [0.717, 1.165) is 6.42 Å². The van der Waals surface area contributed by atoms with E-state index in [9.17, 15) is 8.60 Å². The lowest BCUT2D eigenvalue weighted by Gasteiger charge is -2.22. The molecule has 0 heterocycles. The van der Waals surface area contributed by atoms with Crippen molar-refractivity contribution in [2.75, 3.05) is 5.75 Å². The highest BCUT2D eigenvalue weighted by atomic mass is 35.5. The van der Waals surface area contributed by atoms with Crippen LogP contribution in [0.3, 0.4) is 0 Å². The van der Waals surface area contributed by atoms with Crippen molar-refractivity contribution in [3.8, 4) is 0 Å². The lowest BCUT2D eigenvalue weighted by Crippen LogP contribution is -2.27. The van der Waals surface area contributed by atoms with Crippen LogP contribution in [-0.4, -0.2) is 14.7 Å². The third-order valence-corrected chi connectivity index (χ3v) is 5.24. The quantitative estimate of drug-likeness (QED) is 0.797. The van der Waals surface area contributed by atoms with E-state index in [1.807, 2.05) is 27.7 Å². The van der Waals surface area contributed by atoms with E-state index in [4.69, 9.17) is 11.6 Å². The Morgan fingerprint density at radius 3 is 2.44 bits per heavy atom. The molecule has 0 radical (unpaired) electrons. The fourth-order valence-corrected chi connectivity index (χ4v) is 3.13. The third-order valence-electron chi connectivity index (χ3n) is 2.93. The molecule has 1 aromatic rings. The lowest BCUT2D eigenvalue weighted by atomic mass is 9.98. The van der Waals surface area contributed by atoms with Crippen molar-refractivity contribution in [1.82, 2.24) is 0 Å². The summed E-state index contributed by atoms with van der Waals surface area (Å²) in [6.07, 6.45) is 0.764. The van der Waals surface area contributed by atoms with E-state index >= 15 is 0 Å². The Balaban J connectivity index is 2.93. The highest BCUT2D eigenvalue weighted by Crippen LogP contribution is 2.28. The Morgan fingerprint density at radius 1 is 1.39 bits per heavy atom. The van der Waals surface area contributed by atoms with Gasteiger partial charge in [0.15, 0.2) is 0 Å². The van der Waals surface area contributed by atoms with Crippen LogP contribution in [0.15, 0.2) is 18.2 Å². The standard InChI is InChI=1S/C14H20ClFOS/c1-5-10(9-18(17)14(2,3)4)12-7-6-11(15)8-13(12)16/h6-8,10H,5,9H2,1-4H3/t10-,18-/m0/s1. The molecule has 0 saturated heterocycles. The minimum absolute atomic E-state index is 0.0256. The highest BCUT2D eigenvalue weighted by Gasteiger charge is 2.24. The van der Waals surface area contributed by atoms with Gasteiger partial charge in [0.25, 0.3) is 0 Å². The van der Waals surface area contributed by atoms with Crippen molar-refractivity contribution >= 4 is 22.4 Å². The first-order chi connectivity index (χ1) is 8.25. The number of hydrogen-bond donors (Lipinski definition) is 0. The summed E-state index contributed by atoms with van der Waals surface area (Å²) in [6.45, 7) is 7.80. The molecular weight excluding hydrogens is 271 g/mol. The van der Waals surface area contributed by atoms with E-state index in [1.54, 1.807) is 12.1 Å². The molecule has 0 unspecified atom stereocenters. The second kappa shape index (κ2) is 6.16. The normalized spacial score (nSPS) is 15.4. The van der Waals surface area contributed by atoms with E-state index in [0.29, 0.717) is 16.3 Å². The van der Waals surface area contributed by atoms with E-state index in [2.05, 4.69) is 0 Å². The molecule has 1 aromatic carbocycles. The van der Waals surface area contributed by atoms with Gasteiger partial charge in [-0.1, -0.05) is 24.6 Å². The van der Waals surface area contributed by atoms with Gasteiger partial charge in [0, 0.05) is 26.3 Å². The second-order valence-electron chi connectivity index (χ2n) is 5.40. The molecular formula is C14H20ClFOS. The molecule has 2 atom stereocenters. The zero-order chi connectivity index (χ0) is 13.9. The van der Waals surface area contributed by atoms with Crippen LogP contribution in [0.4, 0.5) is 4.39 Å². The minimum Gasteiger partial charge on any atom is -0.259 e. The molecule has 0 aliphatic carbocycles. The number of benzene rings is 1. The first-order valence-corrected chi connectivity index (χ1v) is 7.78. The molecule has 0 saturated carbocycles. The fourth-order valence-electron chi connectivity index (χ4n) is 1.69. The lowest BCUT2D eigenvalue weighted by molar-refractivity contribution is 0.579. The Morgan fingerprint density at radius 2 is 2.00 bits per heavy atom. The van der Waals surface area contributed by atoms with Crippen molar-refractivity contribution in [2.24, 2.45) is 0 Å². The first kappa shape index (κ1) is 15.6. The van der Waals surface area contributed by atoms with E-state index < -0.39 is 10.8 Å². The van der Waals surface area contributed by atoms with Crippen molar-refractivity contribution in [3.63, 3.8) is 0 Å². The van der Waals surface area contributed by atoms with Gasteiger partial charge in [-0.3, -0.25) is 4.21 Å². The average Bonchev–Trinajstić information content (AvgIpc) is 2.25. The molecule has 0 aliphatic rings. The molecule has 0 N–H and O–H groups in total. The number of rotatable bonds is 4. The smallest absolute Gasteiger partial charge is 0.128 e. The van der Waals surface area contributed by atoms with Gasteiger partial charge in [-0.25, -0.2) is 4.39 Å². The molecule has 1 rings (SSSR count). The molecule has 0 aliphatic heterocycles. The van der Waals surface area contributed by atoms with E-state index in [1.165, 1.54) is 6.07 Å². The van der Waals surface area contributed by atoms with Crippen LogP contribution >= 0.6 is 11.6 Å². The summed E-state index contributed by atoms with van der Waals surface area (Å²) in [5.41, 5.74) is 0.611. The van der Waals surface area contributed by atoms with Gasteiger partial charge < -0.3 is 0 Å². The minimum atomic E-state index is -0.981. The monoisotopic (exact) mass is 290 g/mol. The SMILES string of the molecule is CC[C@@H](C[S@](=O)C(C)(C)C)c1ccc(Cl)cc1F. The van der Waals surface area contributed by atoms with Crippen molar-refractivity contribution in [2.45, 2.75) is 44.8 Å². The summed E-state index contributed by atoms with van der Waals surface area (Å²) in [4.78, 5) is 0. The highest BCUT2D eigenvalue weighted by molar-refractivity contribution is 7.86. The summed E-state index contributed by atoms with van der Waals surface area (Å²) in [7, 11) is -0.981. The Kier molecular flexibility index (Phi) is 5.35. The molecule has 1 nitrogen and oxygen atoms in total. The topological polar surface area (TPSA) is 17.1 Å². The van der Waals surface area contributed by atoms with Crippen molar-refractivity contribution < 1.29 is 8.60 Å². The Labute approximate surface area is 116 Å². The summed E-state index contributed by atoms with van der Waals surface area (Å²) in [5.74, 6) is 0.154. The van der Waals surface area contributed by atoms with Crippen LogP contribution in [0.1, 0.15) is 45.6 Å². The molecule has 102 valence electrons. The molecule has 0 fully saturated rings. The first-order valence-electron chi connectivity index (χ1n) is 6.09. The maximum Gasteiger partial charge on any atom is 0.128 e. The molecule has 0 amide bonds. The van der Waals surface area contributed by atoms with Gasteiger partial charge in [0.05, 0.1) is 0 Å². The van der Waals surface area contributed by atoms with Crippen molar-refractivity contribution in [3.05, 3.63) is 34.6 Å². The van der Waals surface area contributed by atoms with Crippen LogP contribution in [-0.2, 0) is 10.8 Å². The molecule has 0 spiro atoms. The van der Waals surface area contributed by atoms with Crippen LogP contribution in [0.2, 0.25) is 5.02 Å². The number of hydrogen-bond acceptors (Lipinski definition) is 1. The Bertz CT molecular complexity index is 440. The zero-order valence-electron chi connectivity index (χ0n) is 11.3. The van der Waals surface area contributed by atoms with Crippen LogP contribution in [0, 0.1) is 5.82 Å². The van der Waals surface area contributed by atoms with Gasteiger partial charge in [-0.05, 0) is 50.8 Å². The zero-order valence-corrected chi connectivity index (χ0v) is 12.9. The van der Waals surface area contributed by atoms with Gasteiger partial charge in [-0.2, -0.15) is 0 Å². The third kappa shape index (κ3) is 4.06.